The maximum atomic E-state index is 11.2. The summed E-state index contributed by atoms with van der Waals surface area (Å²) >= 11 is 3.83. The Hall–Kier alpha value is -0.650. The van der Waals surface area contributed by atoms with Crippen LogP contribution in [0.15, 0.2) is 29.2 Å². The number of hydrogen-bond acceptors (Lipinski definition) is 5. The van der Waals surface area contributed by atoms with E-state index in [4.69, 9.17) is 5.73 Å². The molecule has 1 heterocycles. The molecule has 1 aliphatic rings. The first-order chi connectivity index (χ1) is 9.20. The molecule has 0 bridgehead atoms. The smallest absolute Gasteiger partial charge is 0.322 e. The van der Waals surface area contributed by atoms with E-state index in [0.717, 1.165) is 17.9 Å². The third-order valence-corrected chi connectivity index (χ3v) is 5.79. The van der Waals surface area contributed by atoms with Crippen molar-refractivity contribution in [1.29, 1.82) is 0 Å². The second-order valence-electron chi connectivity index (χ2n) is 4.54. The summed E-state index contributed by atoms with van der Waals surface area (Å²) in [5.74, 6) is 1.69. The molecule has 104 valence electrons. The molecule has 0 fully saturated rings. The lowest BCUT2D eigenvalue weighted by Crippen LogP contribution is -2.32. The maximum Gasteiger partial charge on any atom is 0.322 e. The number of carbonyl (C=O) groups is 1. The minimum Gasteiger partial charge on any atom is -0.468 e. The average Bonchev–Trinajstić information content (AvgIpc) is 2.85. The molecule has 0 aromatic heterocycles. The maximum absolute atomic E-state index is 11.2. The highest BCUT2D eigenvalue weighted by atomic mass is 32.2. The average molecular weight is 297 g/mol. The summed E-state index contributed by atoms with van der Waals surface area (Å²) in [6.07, 6.45) is 1.83. The van der Waals surface area contributed by atoms with Crippen LogP contribution in [0.3, 0.4) is 0 Å². The number of thioether (sulfide) groups is 2. The highest BCUT2D eigenvalue weighted by Gasteiger charge is 2.21. The molecule has 1 aromatic rings. The minimum absolute atomic E-state index is 0.316. The molecule has 2 unspecified atom stereocenters. The number of ether oxygens (including phenoxy) is 1. The summed E-state index contributed by atoms with van der Waals surface area (Å²) in [7, 11) is 1.38. The number of benzene rings is 1. The molecule has 2 rings (SSSR count). The molecule has 3 nitrogen and oxygen atoms in total. The zero-order valence-corrected chi connectivity index (χ0v) is 12.6. The fourth-order valence-electron chi connectivity index (χ4n) is 2.04. The Balaban J connectivity index is 1.65. The number of hydrogen-bond donors (Lipinski definition) is 1. The largest absolute Gasteiger partial charge is 0.468 e. The van der Waals surface area contributed by atoms with E-state index in [9.17, 15) is 4.79 Å². The van der Waals surface area contributed by atoms with Crippen molar-refractivity contribution in [3.05, 3.63) is 29.8 Å². The van der Waals surface area contributed by atoms with Crippen LogP contribution in [-0.2, 0) is 16.0 Å². The standard InChI is InChI=1S/C14H19NO2S2/c1-17-14(16)12(15)6-7-18-9-11-8-10-4-2-3-5-13(10)19-11/h2-5,11-12H,6-9,15H2,1H3. The molecule has 0 saturated heterocycles. The van der Waals surface area contributed by atoms with Crippen LogP contribution in [0, 0.1) is 0 Å². The van der Waals surface area contributed by atoms with Crippen molar-refractivity contribution in [3.63, 3.8) is 0 Å². The van der Waals surface area contributed by atoms with E-state index in [0.29, 0.717) is 11.7 Å². The van der Waals surface area contributed by atoms with E-state index >= 15 is 0 Å². The second kappa shape index (κ2) is 7.22. The van der Waals surface area contributed by atoms with Crippen molar-refractivity contribution in [1.82, 2.24) is 0 Å². The summed E-state index contributed by atoms with van der Waals surface area (Å²) < 4.78 is 4.61. The minimum atomic E-state index is -0.481. The van der Waals surface area contributed by atoms with Crippen molar-refractivity contribution in [2.45, 2.75) is 29.0 Å². The van der Waals surface area contributed by atoms with Crippen LogP contribution < -0.4 is 5.73 Å². The van der Waals surface area contributed by atoms with E-state index in [1.54, 1.807) is 0 Å². The molecule has 0 aliphatic carbocycles. The van der Waals surface area contributed by atoms with Crippen LogP contribution in [0.2, 0.25) is 0 Å². The number of esters is 1. The number of rotatable bonds is 6. The first-order valence-electron chi connectivity index (χ1n) is 6.36. The zero-order valence-electron chi connectivity index (χ0n) is 11.0. The molecule has 2 atom stereocenters. The van der Waals surface area contributed by atoms with E-state index in [1.807, 2.05) is 23.5 Å². The molecular formula is C14H19NO2S2. The van der Waals surface area contributed by atoms with Gasteiger partial charge in [-0.2, -0.15) is 11.8 Å². The lowest BCUT2D eigenvalue weighted by atomic mass is 10.1. The summed E-state index contributed by atoms with van der Waals surface area (Å²) in [5, 5.41) is 0.650. The highest BCUT2D eigenvalue weighted by Crippen LogP contribution is 2.38. The molecule has 0 amide bonds. The van der Waals surface area contributed by atoms with Crippen molar-refractivity contribution in [2.75, 3.05) is 18.6 Å². The monoisotopic (exact) mass is 297 g/mol. The first kappa shape index (κ1) is 14.8. The third-order valence-electron chi connectivity index (χ3n) is 3.09. The Morgan fingerprint density at radius 1 is 1.58 bits per heavy atom. The molecule has 0 spiro atoms. The quantitative estimate of drug-likeness (QED) is 0.645. The summed E-state index contributed by atoms with van der Waals surface area (Å²) in [4.78, 5) is 12.6. The fourth-order valence-corrected chi connectivity index (χ4v) is 4.65. The first-order valence-corrected chi connectivity index (χ1v) is 8.40. The number of methoxy groups -OCH3 is 1. The lowest BCUT2D eigenvalue weighted by Gasteiger charge is -2.10. The predicted molar refractivity (Wildman–Crippen MR) is 81.7 cm³/mol. The van der Waals surface area contributed by atoms with Crippen molar-refractivity contribution in [2.24, 2.45) is 5.73 Å². The van der Waals surface area contributed by atoms with E-state index in [1.165, 1.54) is 17.6 Å². The number of fused-ring (bicyclic) bond motifs is 1. The van der Waals surface area contributed by atoms with Gasteiger partial charge in [-0.25, -0.2) is 0 Å². The molecule has 1 aliphatic heterocycles. The van der Waals surface area contributed by atoms with Crippen LogP contribution in [0.1, 0.15) is 12.0 Å². The van der Waals surface area contributed by atoms with Gasteiger partial charge < -0.3 is 10.5 Å². The van der Waals surface area contributed by atoms with Gasteiger partial charge in [-0.05, 0) is 30.2 Å². The van der Waals surface area contributed by atoms with E-state index < -0.39 is 6.04 Å². The normalized spacial score (nSPS) is 18.9. The Bertz CT molecular complexity index is 414. The third kappa shape index (κ3) is 4.16. The lowest BCUT2D eigenvalue weighted by molar-refractivity contribution is -0.142. The summed E-state index contributed by atoms with van der Waals surface area (Å²) in [6, 6.07) is 8.12. The van der Waals surface area contributed by atoms with Crippen molar-refractivity contribution >= 4 is 29.5 Å². The van der Waals surface area contributed by atoms with Gasteiger partial charge in [0.15, 0.2) is 0 Å². The van der Waals surface area contributed by atoms with Gasteiger partial charge in [-0.3, -0.25) is 4.79 Å². The van der Waals surface area contributed by atoms with Gasteiger partial charge in [-0.15, -0.1) is 11.8 Å². The Kier molecular flexibility index (Phi) is 5.60. The second-order valence-corrected chi connectivity index (χ2v) is 7.04. The van der Waals surface area contributed by atoms with Crippen LogP contribution in [0.4, 0.5) is 0 Å². The van der Waals surface area contributed by atoms with Gasteiger partial charge in [0.2, 0.25) is 0 Å². The molecule has 5 heteroatoms. The van der Waals surface area contributed by atoms with Crippen molar-refractivity contribution < 1.29 is 9.53 Å². The van der Waals surface area contributed by atoms with Gasteiger partial charge in [-0.1, -0.05) is 18.2 Å². The zero-order chi connectivity index (χ0) is 13.7. The molecular weight excluding hydrogens is 278 g/mol. The summed E-state index contributed by atoms with van der Waals surface area (Å²) in [5.41, 5.74) is 7.16. The Labute approximate surface area is 122 Å². The van der Waals surface area contributed by atoms with Crippen LogP contribution in [0.25, 0.3) is 0 Å². The Morgan fingerprint density at radius 3 is 3.11 bits per heavy atom. The summed E-state index contributed by atoms with van der Waals surface area (Å²) in [6.45, 7) is 0. The van der Waals surface area contributed by atoms with Gasteiger partial charge >= 0.3 is 5.97 Å². The number of nitrogens with two attached hydrogens (primary N) is 1. The predicted octanol–water partition coefficient (Wildman–Crippen LogP) is 2.33. The Morgan fingerprint density at radius 2 is 2.37 bits per heavy atom. The fraction of sp³-hybridized carbons (Fsp3) is 0.500. The van der Waals surface area contributed by atoms with Crippen LogP contribution in [0.5, 0.6) is 0 Å². The molecule has 19 heavy (non-hydrogen) atoms. The van der Waals surface area contributed by atoms with Gasteiger partial charge in [0.25, 0.3) is 0 Å². The van der Waals surface area contributed by atoms with Crippen molar-refractivity contribution in [3.8, 4) is 0 Å². The van der Waals surface area contributed by atoms with Gasteiger partial charge in [0.05, 0.1) is 7.11 Å². The molecule has 0 saturated carbocycles. The highest BCUT2D eigenvalue weighted by molar-refractivity contribution is 8.03. The van der Waals surface area contributed by atoms with E-state index in [-0.39, 0.29) is 5.97 Å². The van der Waals surface area contributed by atoms with E-state index in [2.05, 4.69) is 29.0 Å². The molecule has 0 radical (unpaired) electrons. The number of carbonyl (C=O) groups excluding carboxylic acids is 1. The SMILES string of the molecule is COC(=O)C(N)CCSCC1Cc2ccccc2S1. The molecule has 2 N–H and O–H groups in total. The molecule has 1 aromatic carbocycles. The van der Waals surface area contributed by atoms with Gasteiger partial charge in [0, 0.05) is 15.9 Å². The van der Waals surface area contributed by atoms with Gasteiger partial charge in [0.1, 0.15) is 6.04 Å². The topological polar surface area (TPSA) is 52.3 Å². The van der Waals surface area contributed by atoms with Crippen LogP contribution >= 0.6 is 23.5 Å². The van der Waals surface area contributed by atoms with Crippen LogP contribution in [-0.4, -0.2) is 35.9 Å².